The summed E-state index contributed by atoms with van der Waals surface area (Å²) in [5.74, 6) is -1.48. The Bertz CT molecular complexity index is 660. The minimum absolute atomic E-state index is 0.113. The Balaban J connectivity index is 2.25. The molecule has 0 aliphatic rings. The Kier molecular flexibility index (Phi) is 3.85. The number of hydrogen-bond donors (Lipinski definition) is 3. The van der Waals surface area contributed by atoms with Gasteiger partial charge < -0.3 is 16.3 Å². The molecule has 7 nitrogen and oxygen atoms in total. The number of halogens is 1. The summed E-state index contributed by atoms with van der Waals surface area (Å²) in [4.78, 5) is 11.9. The van der Waals surface area contributed by atoms with E-state index in [1.807, 2.05) is 0 Å². The first-order valence-corrected chi connectivity index (χ1v) is 5.47. The number of carbonyl (C=O) groups excluding carboxylic acids is 1. The van der Waals surface area contributed by atoms with Gasteiger partial charge in [0.05, 0.1) is 23.5 Å². The highest BCUT2D eigenvalue weighted by Crippen LogP contribution is 2.15. The Labute approximate surface area is 112 Å². The predicted octanol–water partition coefficient (Wildman–Crippen LogP) is 0.962. The van der Waals surface area contributed by atoms with Gasteiger partial charge in [0.1, 0.15) is 5.82 Å². The van der Waals surface area contributed by atoms with Gasteiger partial charge >= 0.3 is 0 Å². The van der Waals surface area contributed by atoms with E-state index in [2.05, 4.69) is 20.7 Å². The molecule has 0 saturated carbocycles. The van der Waals surface area contributed by atoms with Crippen molar-refractivity contribution < 1.29 is 14.4 Å². The lowest BCUT2D eigenvalue weighted by molar-refractivity contribution is 0.102. The molecule has 1 heterocycles. The van der Waals surface area contributed by atoms with Gasteiger partial charge in [0.15, 0.2) is 5.84 Å². The molecule has 1 aromatic heterocycles. The van der Waals surface area contributed by atoms with Crippen LogP contribution in [0.1, 0.15) is 15.9 Å². The highest BCUT2D eigenvalue weighted by molar-refractivity contribution is 6.05. The van der Waals surface area contributed by atoms with Crippen LogP contribution in [0.5, 0.6) is 0 Å². The highest BCUT2D eigenvalue weighted by Gasteiger charge is 2.11. The molecular formula is C12H10FN5O2. The number of oxime groups is 1. The summed E-state index contributed by atoms with van der Waals surface area (Å²) in [5.41, 5.74) is 5.82. The summed E-state index contributed by atoms with van der Waals surface area (Å²) < 4.78 is 13.5. The zero-order valence-corrected chi connectivity index (χ0v) is 10.1. The van der Waals surface area contributed by atoms with E-state index in [0.29, 0.717) is 11.3 Å². The van der Waals surface area contributed by atoms with E-state index in [0.717, 1.165) is 6.07 Å². The molecular weight excluding hydrogens is 265 g/mol. The van der Waals surface area contributed by atoms with E-state index in [4.69, 9.17) is 10.9 Å². The second kappa shape index (κ2) is 5.74. The molecule has 0 aliphatic carbocycles. The van der Waals surface area contributed by atoms with Crippen molar-refractivity contribution in [1.29, 1.82) is 0 Å². The van der Waals surface area contributed by atoms with Crippen molar-refractivity contribution in [3.63, 3.8) is 0 Å². The normalized spacial score (nSPS) is 11.2. The predicted molar refractivity (Wildman–Crippen MR) is 68.9 cm³/mol. The van der Waals surface area contributed by atoms with Crippen LogP contribution in [0.4, 0.5) is 10.1 Å². The summed E-state index contributed by atoms with van der Waals surface area (Å²) in [5, 5.41) is 21.0. The molecule has 0 fully saturated rings. The molecule has 2 rings (SSSR count). The van der Waals surface area contributed by atoms with Crippen molar-refractivity contribution in [3.8, 4) is 0 Å². The molecule has 0 bridgehead atoms. The number of amidine groups is 1. The minimum Gasteiger partial charge on any atom is -0.409 e. The number of carbonyl (C=O) groups is 1. The van der Waals surface area contributed by atoms with Crippen molar-refractivity contribution >= 4 is 17.4 Å². The second-order valence-electron chi connectivity index (χ2n) is 3.77. The van der Waals surface area contributed by atoms with E-state index in [9.17, 15) is 9.18 Å². The zero-order chi connectivity index (χ0) is 14.5. The quantitative estimate of drug-likeness (QED) is 0.334. The van der Waals surface area contributed by atoms with Crippen LogP contribution >= 0.6 is 0 Å². The van der Waals surface area contributed by atoms with Gasteiger partial charge in [-0.2, -0.15) is 10.2 Å². The number of hydrogen-bond acceptors (Lipinski definition) is 5. The van der Waals surface area contributed by atoms with E-state index >= 15 is 0 Å². The first-order valence-electron chi connectivity index (χ1n) is 5.47. The molecule has 0 saturated heterocycles. The second-order valence-corrected chi connectivity index (χ2v) is 3.77. The van der Waals surface area contributed by atoms with Gasteiger partial charge in [-0.3, -0.25) is 4.79 Å². The van der Waals surface area contributed by atoms with Gasteiger partial charge in [0.2, 0.25) is 0 Å². The summed E-state index contributed by atoms with van der Waals surface area (Å²) >= 11 is 0. The summed E-state index contributed by atoms with van der Waals surface area (Å²) in [7, 11) is 0. The highest BCUT2D eigenvalue weighted by atomic mass is 19.1. The molecule has 1 aromatic carbocycles. The van der Waals surface area contributed by atoms with Crippen molar-refractivity contribution in [2.45, 2.75) is 0 Å². The van der Waals surface area contributed by atoms with E-state index in [1.54, 1.807) is 0 Å². The SMILES string of the molecule is N/C(=N/O)c1cc(NC(=O)c2ccnnc2)ccc1F. The molecule has 1 amide bonds. The smallest absolute Gasteiger partial charge is 0.257 e. The van der Waals surface area contributed by atoms with E-state index in [-0.39, 0.29) is 11.4 Å². The average Bonchev–Trinajstić information content (AvgIpc) is 2.49. The molecule has 0 atom stereocenters. The van der Waals surface area contributed by atoms with Crippen LogP contribution in [0.3, 0.4) is 0 Å². The summed E-state index contributed by atoms with van der Waals surface area (Å²) in [6, 6.07) is 5.21. The van der Waals surface area contributed by atoms with Gasteiger partial charge in [-0.25, -0.2) is 4.39 Å². The first kappa shape index (κ1) is 13.4. The molecule has 4 N–H and O–H groups in total. The molecule has 0 radical (unpaired) electrons. The lowest BCUT2D eigenvalue weighted by Crippen LogP contribution is -2.17. The van der Waals surface area contributed by atoms with Gasteiger partial charge in [0, 0.05) is 5.69 Å². The Hall–Kier alpha value is -3.03. The third-order valence-corrected chi connectivity index (χ3v) is 2.45. The molecule has 102 valence electrons. The van der Waals surface area contributed by atoms with Crippen LogP contribution < -0.4 is 11.1 Å². The van der Waals surface area contributed by atoms with Crippen LogP contribution in [0.15, 0.2) is 41.8 Å². The van der Waals surface area contributed by atoms with Crippen LogP contribution in [-0.4, -0.2) is 27.1 Å². The van der Waals surface area contributed by atoms with Crippen LogP contribution in [0.2, 0.25) is 0 Å². The monoisotopic (exact) mass is 275 g/mol. The molecule has 8 heteroatoms. The largest absolute Gasteiger partial charge is 0.409 e. The number of nitrogens with one attached hydrogen (secondary N) is 1. The Morgan fingerprint density at radius 3 is 2.80 bits per heavy atom. The molecule has 0 unspecified atom stereocenters. The van der Waals surface area contributed by atoms with Gasteiger partial charge in [-0.1, -0.05) is 5.16 Å². The number of amides is 1. The van der Waals surface area contributed by atoms with Crippen molar-refractivity contribution in [1.82, 2.24) is 10.2 Å². The third-order valence-electron chi connectivity index (χ3n) is 2.45. The maximum Gasteiger partial charge on any atom is 0.257 e. The van der Waals surface area contributed by atoms with Gasteiger partial charge in [0.25, 0.3) is 5.91 Å². The lowest BCUT2D eigenvalue weighted by atomic mass is 10.1. The number of benzene rings is 1. The Morgan fingerprint density at radius 1 is 1.35 bits per heavy atom. The summed E-state index contributed by atoms with van der Waals surface area (Å²) in [6.45, 7) is 0. The van der Waals surface area contributed by atoms with Crippen LogP contribution in [0, 0.1) is 5.82 Å². The number of aromatic nitrogens is 2. The number of rotatable bonds is 3. The van der Waals surface area contributed by atoms with Gasteiger partial charge in [-0.05, 0) is 24.3 Å². The fourth-order valence-electron chi connectivity index (χ4n) is 1.48. The summed E-state index contributed by atoms with van der Waals surface area (Å²) in [6.07, 6.45) is 2.67. The van der Waals surface area contributed by atoms with E-state index in [1.165, 1.54) is 30.6 Å². The number of nitrogens with zero attached hydrogens (tertiary/aromatic N) is 3. The average molecular weight is 275 g/mol. The number of nitrogens with two attached hydrogens (primary N) is 1. The Morgan fingerprint density at radius 2 is 2.15 bits per heavy atom. The fourth-order valence-corrected chi connectivity index (χ4v) is 1.48. The van der Waals surface area contributed by atoms with Crippen LogP contribution in [-0.2, 0) is 0 Å². The fraction of sp³-hybridized carbons (Fsp3) is 0. The number of anilines is 1. The minimum atomic E-state index is -0.663. The van der Waals surface area contributed by atoms with Crippen LogP contribution in [0.25, 0.3) is 0 Å². The standard InChI is InChI=1S/C12H10FN5O2/c13-10-2-1-8(5-9(10)11(14)18-20)17-12(19)7-3-4-15-16-6-7/h1-6,20H,(H2,14,18)(H,17,19). The third kappa shape index (κ3) is 2.86. The van der Waals surface area contributed by atoms with E-state index < -0.39 is 11.7 Å². The molecule has 2 aromatic rings. The maximum absolute atomic E-state index is 13.5. The lowest BCUT2D eigenvalue weighted by Gasteiger charge is -2.07. The molecule has 0 aliphatic heterocycles. The maximum atomic E-state index is 13.5. The molecule has 0 spiro atoms. The molecule has 20 heavy (non-hydrogen) atoms. The van der Waals surface area contributed by atoms with Crippen molar-refractivity contribution in [2.75, 3.05) is 5.32 Å². The topological polar surface area (TPSA) is 113 Å². The van der Waals surface area contributed by atoms with Crippen molar-refractivity contribution in [2.24, 2.45) is 10.9 Å². The zero-order valence-electron chi connectivity index (χ0n) is 10.1. The van der Waals surface area contributed by atoms with Crippen molar-refractivity contribution in [3.05, 3.63) is 53.6 Å². The van der Waals surface area contributed by atoms with Gasteiger partial charge in [-0.15, -0.1) is 0 Å². The first-order chi connectivity index (χ1) is 9.61.